The van der Waals surface area contributed by atoms with E-state index < -0.39 is 5.97 Å². The fraction of sp³-hybridized carbons (Fsp3) is 0.364. The Morgan fingerprint density at radius 2 is 2.06 bits per heavy atom. The molecule has 0 radical (unpaired) electrons. The molecule has 0 aliphatic carbocycles. The van der Waals surface area contributed by atoms with Crippen LogP contribution >= 0.6 is 23.2 Å². The highest BCUT2D eigenvalue weighted by Gasteiger charge is 2.33. The van der Waals surface area contributed by atoms with E-state index in [9.17, 15) is 9.90 Å². The van der Waals surface area contributed by atoms with Crippen molar-refractivity contribution in [2.24, 2.45) is 0 Å². The van der Waals surface area contributed by atoms with Gasteiger partial charge in [0.05, 0.1) is 12.1 Å². The Kier molecular flexibility index (Phi) is 3.10. The predicted octanol–water partition coefficient (Wildman–Crippen LogP) is 2.81. The number of halogens is 2. The molecule has 1 atom stereocenters. The van der Waals surface area contributed by atoms with Crippen molar-refractivity contribution < 1.29 is 19.4 Å². The summed E-state index contributed by atoms with van der Waals surface area (Å²) in [6, 6.07) is 0. The standard InChI is InChI=1S/C11H10Cl2O4/c1-4-3-5-6(11(15)17-4)10(16-2)8(13)9(14)7(5)12/h4,14H,3H2,1-2H3/t4-/m1/s1. The van der Waals surface area contributed by atoms with Gasteiger partial charge in [-0.2, -0.15) is 0 Å². The first-order chi connectivity index (χ1) is 7.97. The molecule has 2 rings (SSSR count). The Bertz CT molecular complexity index is 499. The second-order valence-electron chi connectivity index (χ2n) is 3.78. The lowest BCUT2D eigenvalue weighted by Gasteiger charge is -2.25. The van der Waals surface area contributed by atoms with E-state index in [-0.39, 0.29) is 33.2 Å². The number of phenols is 1. The van der Waals surface area contributed by atoms with Crippen molar-refractivity contribution in [3.63, 3.8) is 0 Å². The zero-order chi connectivity index (χ0) is 12.7. The van der Waals surface area contributed by atoms with Crippen LogP contribution in [-0.2, 0) is 11.2 Å². The average molecular weight is 277 g/mol. The molecular formula is C11H10Cl2O4. The van der Waals surface area contributed by atoms with Gasteiger partial charge in [-0.25, -0.2) is 4.79 Å². The third-order valence-corrected chi connectivity index (χ3v) is 3.37. The quantitative estimate of drug-likeness (QED) is 0.802. The Morgan fingerprint density at radius 3 is 2.65 bits per heavy atom. The monoisotopic (exact) mass is 276 g/mol. The van der Waals surface area contributed by atoms with E-state index in [2.05, 4.69) is 0 Å². The predicted molar refractivity (Wildman–Crippen MR) is 63.3 cm³/mol. The second kappa shape index (κ2) is 4.27. The van der Waals surface area contributed by atoms with Crippen molar-refractivity contribution in [3.8, 4) is 11.5 Å². The molecule has 1 aliphatic rings. The Balaban J connectivity index is 2.77. The molecule has 4 nitrogen and oxygen atoms in total. The number of methoxy groups -OCH3 is 1. The number of esters is 1. The van der Waals surface area contributed by atoms with Crippen LogP contribution in [0.2, 0.25) is 10.0 Å². The van der Waals surface area contributed by atoms with Crippen LogP contribution in [0, 0.1) is 0 Å². The third kappa shape index (κ3) is 1.81. The maximum Gasteiger partial charge on any atom is 0.342 e. The number of aromatic hydroxyl groups is 1. The summed E-state index contributed by atoms with van der Waals surface area (Å²) in [5.74, 6) is -0.717. The Labute approximate surface area is 108 Å². The van der Waals surface area contributed by atoms with Gasteiger partial charge in [0.15, 0.2) is 11.5 Å². The van der Waals surface area contributed by atoms with Crippen molar-refractivity contribution in [2.75, 3.05) is 7.11 Å². The number of ether oxygens (including phenoxy) is 2. The van der Waals surface area contributed by atoms with Gasteiger partial charge in [-0.15, -0.1) is 0 Å². The minimum atomic E-state index is -0.542. The van der Waals surface area contributed by atoms with Crippen LogP contribution in [0.4, 0.5) is 0 Å². The van der Waals surface area contributed by atoms with E-state index >= 15 is 0 Å². The molecule has 0 spiro atoms. The summed E-state index contributed by atoms with van der Waals surface area (Å²) in [5, 5.41) is 9.75. The summed E-state index contributed by atoms with van der Waals surface area (Å²) >= 11 is 11.8. The highest BCUT2D eigenvalue weighted by molar-refractivity contribution is 6.39. The molecule has 1 aromatic rings. The molecular weight excluding hydrogens is 267 g/mol. The van der Waals surface area contributed by atoms with E-state index in [1.165, 1.54) is 7.11 Å². The molecule has 0 unspecified atom stereocenters. The molecule has 0 saturated carbocycles. The normalized spacial score (nSPS) is 18.6. The summed E-state index contributed by atoms with van der Waals surface area (Å²) in [6.45, 7) is 1.75. The fourth-order valence-corrected chi connectivity index (χ4v) is 2.45. The van der Waals surface area contributed by atoms with Crippen molar-refractivity contribution in [1.82, 2.24) is 0 Å². The number of carbonyl (C=O) groups excluding carboxylic acids is 1. The highest BCUT2D eigenvalue weighted by Crippen LogP contribution is 2.46. The molecule has 0 aromatic heterocycles. The third-order valence-electron chi connectivity index (χ3n) is 2.62. The number of carbonyl (C=O) groups is 1. The van der Waals surface area contributed by atoms with Gasteiger partial charge in [0.2, 0.25) is 0 Å². The molecule has 6 heteroatoms. The number of cyclic esters (lactones) is 1. The smallest absolute Gasteiger partial charge is 0.342 e. The van der Waals surface area contributed by atoms with E-state index in [0.29, 0.717) is 12.0 Å². The summed E-state index contributed by atoms with van der Waals surface area (Å²) < 4.78 is 10.1. The van der Waals surface area contributed by atoms with Crippen molar-refractivity contribution in [3.05, 3.63) is 21.2 Å². The summed E-state index contributed by atoms with van der Waals surface area (Å²) in [5.41, 5.74) is 0.701. The number of fused-ring (bicyclic) bond motifs is 1. The maximum absolute atomic E-state index is 11.8. The lowest BCUT2D eigenvalue weighted by molar-refractivity contribution is 0.0296. The van der Waals surface area contributed by atoms with Crippen LogP contribution in [-0.4, -0.2) is 24.3 Å². The van der Waals surface area contributed by atoms with Gasteiger partial charge in [-0.05, 0) is 12.5 Å². The van der Waals surface area contributed by atoms with Crippen LogP contribution in [0.5, 0.6) is 11.5 Å². The van der Waals surface area contributed by atoms with Gasteiger partial charge in [0.1, 0.15) is 16.7 Å². The van der Waals surface area contributed by atoms with Crippen molar-refractivity contribution in [2.45, 2.75) is 19.4 Å². The van der Waals surface area contributed by atoms with E-state index in [0.717, 1.165) is 0 Å². The van der Waals surface area contributed by atoms with E-state index in [1.54, 1.807) is 6.92 Å². The number of hydrogen-bond acceptors (Lipinski definition) is 4. The zero-order valence-electron chi connectivity index (χ0n) is 9.21. The van der Waals surface area contributed by atoms with Gasteiger partial charge >= 0.3 is 5.97 Å². The highest BCUT2D eigenvalue weighted by atomic mass is 35.5. The maximum atomic E-state index is 11.8. The van der Waals surface area contributed by atoms with Gasteiger partial charge in [0, 0.05) is 6.42 Å². The average Bonchev–Trinajstić information content (AvgIpc) is 2.28. The molecule has 1 N–H and O–H groups in total. The molecule has 0 amide bonds. The van der Waals surface area contributed by atoms with Crippen LogP contribution in [0.15, 0.2) is 0 Å². The number of phenolic OH excluding ortho intramolecular Hbond substituents is 1. The van der Waals surface area contributed by atoms with Gasteiger partial charge in [-0.1, -0.05) is 23.2 Å². The Hall–Kier alpha value is -1.13. The number of hydrogen-bond donors (Lipinski definition) is 1. The van der Waals surface area contributed by atoms with Gasteiger partial charge < -0.3 is 14.6 Å². The molecule has 92 valence electrons. The summed E-state index contributed by atoms with van der Waals surface area (Å²) in [4.78, 5) is 11.8. The Morgan fingerprint density at radius 1 is 1.41 bits per heavy atom. The molecule has 1 aromatic carbocycles. The van der Waals surface area contributed by atoms with E-state index in [1.807, 2.05) is 0 Å². The molecule has 0 bridgehead atoms. The van der Waals surface area contributed by atoms with Gasteiger partial charge in [0.25, 0.3) is 0 Å². The first kappa shape index (κ1) is 12.3. The van der Waals surface area contributed by atoms with Crippen LogP contribution in [0.25, 0.3) is 0 Å². The summed E-state index contributed by atoms with van der Waals surface area (Å²) in [7, 11) is 1.36. The van der Waals surface area contributed by atoms with Crippen LogP contribution in [0.1, 0.15) is 22.8 Å². The summed E-state index contributed by atoms with van der Waals surface area (Å²) in [6.07, 6.45) is 0.124. The molecule has 0 fully saturated rings. The van der Waals surface area contributed by atoms with Gasteiger partial charge in [-0.3, -0.25) is 0 Å². The largest absolute Gasteiger partial charge is 0.505 e. The van der Waals surface area contributed by atoms with Crippen molar-refractivity contribution in [1.29, 1.82) is 0 Å². The lowest BCUT2D eigenvalue weighted by atomic mass is 9.97. The first-order valence-electron chi connectivity index (χ1n) is 4.95. The molecule has 1 heterocycles. The first-order valence-corrected chi connectivity index (χ1v) is 5.70. The number of benzene rings is 1. The minimum absolute atomic E-state index is 0.0781. The molecule has 0 saturated heterocycles. The minimum Gasteiger partial charge on any atom is -0.505 e. The van der Waals surface area contributed by atoms with Crippen LogP contribution < -0.4 is 4.74 Å². The molecule has 1 aliphatic heterocycles. The lowest BCUT2D eigenvalue weighted by Crippen LogP contribution is -2.26. The topological polar surface area (TPSA) is 55.8 Å². The number of rotatable bonds is 1. The van der Waals surface area contributed by atoms with E-state index in [4.69, 9.17) is 32.7 Å². The zero-order valence-corrected chi connectivity index (χ0v) is 10.7. The van der Waals surface area contributed by atoms with Crippen LogP contribution in [0.3, 0.4) is 0 Å². The second-order valence-corrected chi connectivity index (χ2v) is 4.54. The van der Waals surface area contributed by atoms with Crippen molar-refractivity contribution >= 4 is 29.2 Å². The SMILES string of the molecule is COc1c(Cl)c(O)c(Cl)c2c1C(=O)O[C@H](C)C2. The fourth-order valence-electron chi connectivity index (χ4n) is 1.87. The molecule has 17 heavy (non-hydrogen) atoms.